The average molecular weight is 627 g/mol. The molecule has 0 aliphatic carbocycles. The van der Waals surface area contributed by atoms with E-state index in [1.807, 2.05) is 0 Å². The molecular formula is C35H34F4O6. The van der Waals surface area contributed by atoms with E-state index in [0.717, 1.165) is 22.3 Å². The normalized spacial score (nSPS) is 21.6. The van der Waals surface area contributed by atoms with Gasteiger partial charge in [0.15, 0.2) is 6.29 Å². The Balaban J connectivity index is 1.40. The molecule has 45 heavy (non-hydrogen) atoms. The minimum absolute atomic E-state index is 0.0619. The Bertz CT molecular complexity index is 1450. The topological polar surface area (TPSA) is 55.4 Å². The zero-order chi connectivity index (χ0) is 31.6. The van der Waals surface area contributed by atoms with Gasteiger partial charge in [-0.1, -0.05) is 48.5 Å². The van der Waals surface area contributed by atoms with E-state index >= 15 is 0 Å². The molecule has 238 valence electrons. The minimum Gasteiger partial charge on any atom is -0.374 e. The van der Waals surface area contributed by atoms with Crippen molar-refractivity contribution >= 4 is 0 Å². The van der Waals surface area contributed by atoms with Crippen LogP contribution in [0, 0.1) is 23.3 Å². The summed E-state index contributed by atoms with van der Waals surface area (Å²) >= 11 is 0. The molecule has 0 aromatic heterocycles. The zero-order valence-electron chi connectivity index (χ0n) is 24.6. The molecule has 4 aromatic rings. The smallest absolute Gasteiger partial charge is 0.186 e. The fourth-order valence-electron chi connectivity index (χ4n) is 4.96. The first-order valence-electron chi connectivity index (χ1n) is 14.5. The maximum atomic E-state index is 13.6. The van der Waals surface area contributed by atoms with Crippen molar-refractivity contribution in [3.05, 3.63) is 143 Å². The molecule has 0 radical (unpaired) electrons. The van der Waals surface area contributed by atoms with E-state index < -0.39 is 30.7 Å². The lowest BCUT2D eigenvalue weighted by Crippen LogP contribution is -2.61. The minimum atomic E-state index is -0.909. The van der Waals surface area contributed by atoms with Crippen LogP contribution in [-0.4, -0.2) is 44.4 Å². The van der Waals surface area contributed by atoms with Crippen LogP contribution >= 0.6 is 0 Å². The van der Waals surface area contributed by atoms with Gasteiger partial charge in [-0.2, -0.15) is 0 Å². The van der Waals surface area contributed by atoms with Gasteiger partial charge < -0.3 is 28.4 Å². The molecule has 0 bridgehead atoms. The second-order valence-corrected chi connectivity index (χ2v) is 10.6. The first kappa shape index (κ1) is 32.7. The maximum Gasteiger partial charge on any atom is 0.186 e. The molecule has 0 N–H and O–H groups in total. The summed E-state index contributed by atoms with van der Waals surface area (Å²) in [5, 5.41) is 0. The van der Waals surface area contributed by atoms with Crippen LogP contribution in [0.4, 0.5) is 17.6 Å². The molecule has 5 atom stereocenters. The molecule has 0 saturated carbocycles. The van der Waals surface area contributed by atoms with Crippen LogP contribution in [0.1, 0.15) is 22.3 Å². The van der Waals surface area contributed by atoms with Crippen molar-refractivity contribution in [3.63, 3.8) is 0 Å². The molecule has 4 aromatic carbocycles. The lowest BCUT2D eigenvalue weighted by Gasteiger charge is -2.45. The number of rotatable bonds is 14. The summed E-state index contributed by atoms with van der Waals surface area (Å²) in [6.07, 6.45) is -3.98. The second-order valence-electron chi connectivity index (χ2n) is 10.6. The SMILES string of the molecule is CO[C@H]1OC(COCc2ccc(F)cc2)[C@@H](OCc2ccc(F)cc2)[C@H](OCc2ccc(F)cc2)[C@@H]1OCc1ccc(F)cc1. The van der Waals surface area contributed by atoms with Crippen molar-refractivity contribution in [2.45, 2.75) is 57.1 Å². The number of halogens is 4. The highest BCUT2D eigenvalue weighted by Gasteiger charge is 2.48. The zero-order valence-corrected chi connectivity index (χ0v) is 24.6. The van der Waals surface area contributed by atoms with E-state index in [9.17, 15) is 17.6 Å². The molecule has 1 aliphatic heterocycles. The molecule has 1 unspecified atom stereocenters. The van der Waals surface area contributed by atoms with Gasteiger partial charge >= 0.3 is 0 Å². The van der Waals surface area contributed by atoms with Crippen LogP contribution in [0.3, 0.4) is 0 Å². The molecule has 10 heteroatoms. The summed E-state index contributed by atoms with van der Waals surface area (Å²) in [5.74, 6) is -1.46. The standard InChI is InChI=1S/C35H34F4O6/c1-40-35-34(44-21-26-8-16-30(39)17-9-26)33(43-20-25-6-14-29(38)15-7-25)32(42-19-24-4-12-28(37)13-5-24)31(45-35)22-41-18-23-2-10-27(36)11-3-23/h2-17,31-35H,18-22H2,1H3/t31?,32-,33+,34+,35+/m1/s1. The molecule has 5 rings (SSSR count). The van der Waals surface area contributed by atoms with Crippen LogP contribution in [0.5, 0.6) is 0 Å². The lowest BCUT2D eigenvalue weighted by molar-refractivity contribution is -0.323. The fraction of sp³-hybridized carbons (Fsp3) is 0.314. The summed E-state index contributed by atoms with van der Waals surface area (Å²) in [6, 6.07) is 23.7. The number of methoxy groups -OCH3 is 1. The Kier molecular flexibility index (Phi) is 11.7. The van der Waals surface area contributed by atoms with Gasteiger partial charge in [-0.3, -0.25) is 0 Å². The van der Waals surface area contributed by atoms with Crippen molar-refractivity contribution in [3.8, 4) is 0 Å². The molecule has 0 spiro atoms. The largest absolute Gasteiger partial charge is 0.374 e. The van der Waals surface area contributed by atoms with Crippen LogP contribution in [0.15, 0.2) is 97.1 Å². The number of ether oxygens (including phenoxy) is 6. The van der Waals surface area contributed by atoms with Gasteiger partial charge in [0, 0.05) is 7.11 Å². The van der Waals surface area contributed by atoms with Crippen molar-refractivity contribution in [2.75, 3.05) is 13.7 Å². The Labute approximate surface area is 259 Å². The molecular weight excluding hydrogens is 592 g/mol. The highest BCUT2D eigenvalue weighted by atomic mass is 19.1. The van der Waals surface area contributed by atoms with Crippen LogP contribution in [0.25, 0.3) is 0 Å². The molecule has 6 nitrogen and oxygen atoms in total. The van der Waals surface area contributed by atoms with Gasteiger partial charge in [-0.05, 0) is 70.8 Å². The monoisotopic (exact) mass is 626 g/mol. The van der Waals surface area contributed by atoms with E-state index in [4.69, 9.17) is 28.4 Å². The molecule has 1 saturated heterocycles. The van der Waals surface area contributed by atoms with Crippen LogP contribution in [0.2, 0.25) is 0 Å². The number of benzene rings is 4. The Morgan fingerprint density at radius 3 is 1.24 bits per heavy atom. The van der Waals surface area contributed by atoms with Gasteiger partial charge in [0.05, 0.1) is 33.0 Å². The number of hydrogen-bond acceptors (Lipinski definition) is 6. The first-order chi connectivity index (χ1) is 21.9. The lowest BCUT2D eigenvalue weighted by atomic mass is 9.97. The van der Waals surface area contributed by atoms with Gasteiger partial charge in [0.2, 0.25) is 0 Å². The van der Waals surface area contributed by atoms with Crippen molar-refractivity contribution < 1.29 is 46.0 Å². The molecule has 1 fully saturated rings. The van der Waals surface area contributed by atoms with Gasteiger partial charge in [0.1, 0.15) is 47.7 Å². The molecule has 1 aliphatic rings. The quantitative estimate of drug-likeness (QED) is 0.142. The van der Waals surface area contributed by atoms with E-state index in [2.05, 4.69) is 0 Å². The summed E-state index contributed by atoms with van der Waals surface area (Å²) in [7, 11) is 1.48. The summed E-state index contributed by atoms with van der Waals surface area (Å²) < 4.78 is 91.3. The Morgan fingerprint density at radius 1 is 0.489 bits per heavy atom. The molecule has 1 heterocycles. The Morgan fingerprint density at radius 2 is 0.844 bits per heavy atom. The average Bonchev–Trinajstić information content (AvgIpc) is 3.05. The van der Waals surface area contributed by atoms with E-state index in [1.54, 1.807) is 48.5 Å². The maximum absolute atomic E-state index is 13.6. The van der Waals surface area contributed by atoms with Gasteiger partial charge in [-0.15, -0.1) is 0 Å². The number of hydrogen-bond donors (Lipinski definition) is 0. The van der Waals surface area contributed by atoms with E-state index in [1.165, 1.54) is 55.6 Å². The fourth-order valence-corrected chi connectivity index (χ4v) is 4.96. The van der Waals surface area contributed by atoms with Crippen molar-refractivity contribution in [2.24, 2.45) is 0 Å². The van der Waals surface area contributed by atoms with Gasteiger partial charge in [0.25, 0.3) is 0 Å². The first-order valence-corrected chi connectivity index (χ1v) is 14.5. The predicted octanol–water partition coefficient (Wildman–Crippen LogP) is 6.89. The highest BCUT2D eigenvalue weighted by molar-refractivity contribution is 5.18. The predicted molar refractivity (Wildman–Crippen MR) is 157 cm³/mol. The molecule has 0 amide bonds. The highest BCUT2D eigenvalue weighted by Crippen LogP contribution is 2.31. The second kappa shape index (κ2) is 16.1. The third kappa shape index (κ3) is 9.43. The van der Waals surface area contributed by atoms with Crippen LogP contribution < -0.4 is 0 Å². The third-order valence-corrected chi connectivity index (χ3v) is 7.35. The van der Waals surface area contributed by atoms with Crippen molar-refractivity contribution in [1.82, 2.24) is 0 Å². The summed E-state index contributed by atoms with van der Waals surface area (Å²) in [6.45, 7) is 0.542. The van der Waals surface area contributed by atoms with Crippen LogP contribution in [-0.2, 0) is 54.8 Å². The van der Waals surface area contributed by atoms with E-state index in [0.29, 0.717) is 0 Å². The van der Waals surface area contributed by atoms with Crippen molar-refractivity contribution in [1.29, 1.82) is 0 Å². The summed E-state index contributed by atoms with van der Waals surface area (Å²) in [5.41, 5.74) is 2.92. The Hall–Kier alpha value is -3.64. The van der Waals surface area contributed by atoms with Gasteiger partial charge in [-0.25, -0.2) is 17.6 Å². The van der Waals surface area contributed by atoms with E-state index in [-0.39, 0.29) is 56.3 Å². The summed E-state index contributed by atoms with van der Waals surface area (Å²) in [4.78, 5) is 0. The third-order valence-electron chi connectivity index (χ3n) is 7.35.